The van der Waals surface area contributed by atoms with Crippen molar-refractivity contribution in [3.8, 4) is 5.75 Å². The van der Waals surface area contributed by atoms with Gasteiger partial charge in [-0.15, -0.1) is 13.2 Å². The molecule has 0 bridgehead atoms. The Kier molecular flexibility index (Phi) is 6.24. The number of carbonyl (C=O) groups excluding carboxylic acids is 1. The molecule has 150 valence electrons. The molecule has 4 nitrogen and oxygen atoms in total. The minimum Gasteiger partial charge on any atom is -0.406 e. The van der Waals surface area contributed by atoms with Gasteiger partial charge in [0.05, 0.1) is 5.92 Å². The molecule has 1 aliphatic rings. The second-order valence-electron chi connectivity index (χ2n) is 7.02. The van der Waals surface area contributed by atoms with Gasteiger partial charge in [-0.2, -0.15) is 0 Å². The first-order valence-corrected chi connectivity index (χ1v) is 9.19. The number of hydrogen-bond donors (Lipinski definition) is 1. The lowest BCUT2D eigenvalue weighted by atomic mass is 9.98. The van der Waals surface area contributed by atoms with Crippen LogP contribution < -0.4 is 10.1 Å². The zero-order chi connectivity index (χ0) is 20.1. The van der Waals surface area contributed by atoms with Crippen LogP contribution >= 0.6 is 0 Å². The molecule has 28 heavy (non-hydrogen) atoms. The van der Waals surface area contributed by atoms with Gasteiger partial charge in [0.1, 0.15) is 5.75 Å². The smallest absolute Gasteiger partial charge is 0.406 e. The van der Waals surface area contributed by atoms with Crippen molar-refractivity contribution in [2.24, 2.45) is 5.92 Å². The number of amides is 1. The maximum atomic E-state index is 12.3. The van der Waals surface area contributed by atoms with Crippen molar-refractivity contribution < 1.29 is 22.7 Å². The van der Waals surface area contributed by atoms with E-state index in [4.69, 9.17) is 0 Å². The summed E-state index contributed by atoms with van der Waals surface area (Å²) >= 11 is 0. The second-order valence-corrected chi connectivity index (χ2v) is 7.02. The molecule has 1 amide bonds. The number of ether oxygens (including phenoxy) is 1. The van der Waals surface area contributed by atoms with E-state index < -0.39 is 6.36 Å². The van der Waals surface area contributed by atoms with Crippen LogP contribution in [0.5, 0.6) is 5.75 Å². The molecule has 0 aromatic heterocycles. The minimum absolute atomic E-state index is 0.0846. The summed E-state index contributed by atoms with van der Waals surface area (Å²) in [5.74, 6) is -0.0115. The van der Waals surface area contributed by atoms with Gasteiger partial charge in [-0.25, -0.2) is 0 Å². The van der Waals surface area contributed by atoms with Gasteiger partial charge in [-0.3, -0.25) is 9.69 Å². The predicted molar refractivity (Wildman–Crippen MR) is 99.8 cm³/mol. The van der Waals surface area contributed by atoms with Crippen molar-refractivity contribution in [2.75, 3.05) is 20.1 Å². The van der Waals surface area contributed by atoms with E-state index in [9.17, 15) is 18.0 Å². The summed E-state index contributed by atoms with van der Waals surface area (Å²) in [7, 11) is 1.66. The van der Waals surface area contributed by atoms with Gasteiger partial charge in [0.15, 0.2) is 0 Å². The molecule has 1 heterocycles. The lowest BCUT2D eigenvalue weighted by Crippen LogP contribution is -2.52. The van der Waals surface area contributed by atoms with Crippen LogP contribution in [0.25, 0.3) is 0 Å². The third-order valence-corrected chi connectivity index (χ3v) is 4.84. The first-order chi connectivity index (χ1) is 13.3. The molecule has 0 saturated carbocycles. The van der Waals surface area contributed by atoms with Crippen molar-refractivity contribution in [3.05, 3.63) is 65.2 Å². The molecule has 1 N–H and O–H groups in total. The van der Waals surface area contributed by atoms with Crippen LogP contribution in [0.3, 0.4) is 0 Å². The number of aryl methyl sites for hydroxylation is 2. The van der Waals surface area contributed by atoms with Gasteiger partial charge >= 0.3 is 6.36 Å². The van der Waals surface area contributed by atoms with Gasteiger partial charge in [0.25, 0.3) is 0 Å². The third kappa shape index (κ3) is 5.73. The molecule has 0 aliphatic carbocycles. The molecule has 7 heteroatoms. The van der Waals surface area contributed by atoms with Crippen LogP contribution in [0.4, 0.5) is 13.2 Å². The minimum atomic E-state index is -4.68. The second kappa shape index (κ2) is 8.65. The summed E-state index contributed by atoms with van der Waals surface area (Å²) in [5, 5.41) is 2.67. The highest BCUT2D eigenvalue weighted by Gasteiger charge is 2.32. The van der Waals surface area contributed by atoms with Crippen LogP contribution in [-0.4, -0.2) is 37.3 Å². The van der Waals surface area contributed by atoms with Crippen molar-refractivity contribution in [1.82, 2.24) is 10.2 Å². The Hall–Kier alpha value is -2.54. The molecule has 1 saturated heterocycles. The number of rotatable bonds is 7. The Balaban J connectivity index is 1.47. The van der Waals surface area contributed by atoms with E-state index >= 15 is 0 Å². The Morgan fingerprint density at radius 3 is 2.36 bits per heavy atom. The standard InChI is InChI=1S/C21H23F3N2O2/c1-25-20(27)18-13-26(14-18)12-17-9-6-15(7-10-17)5-8-16-3-2-4-19(11-16)28-21(22,23)24/h2-4,6-7,9-11,18H,5,8,12-14H2,1H3,(H,25,27). The quantitative estimate of drug-likeness (QED) is 0.784. The zero-order valence-electron chi connectivity index (χ0n) is 15.6. The normalized spacial score (nSPS) is 15.1. The highest BCUT2D eigenvalue weighted by Crippen LogP contribution is 2.24. The molecule has 0 unspecified atom stereocenters. The first-order valence-electron chi connectivity index (χ1n) is 9.19. The Bertz CT molecular complexity index is 800. The molecule has 1 aliphatic heterocycles. The monoisotopic (exact) mass is 392 g/mol. The summed E-state index contributed by atoms with van der Waals surface area (Å²) in [6.45, 7) is 2.36. The van der Waals surface area contributed by atoms with Crippen LogP contribution in [0.2, 0.25) is 0 Å². The number of nitrogens with zero attached hydrogens (tertiary/aromatic N) is 1. The van der Waals surface area contributed by atoms with Crippen LogP contribution in [-0.2, 0) is 24.2 Å². The Labute approximate surface area is 162 Å². The maximum absolute atomic E-state index is 12.3. The molecule has 2 aromatic rings. The number of carbonyl (C=O) groups is 1. The van der Waals surface area contributed by atoms with Gasteiger partial charge < -0.3 is 10.1 Å². The van der Waals surface area contributed by atoms with Gasteiger partial charge in [0, 0.05) is 26.7 Å². The summed E-state index contributed by atoms with van der Waals surface area (Å²) < 4.78 is 40.9. The summed E-state index contributed by atoms with van der Waals surface area (Å²) in [4.78, 5) is 13.7. The molecule has 2 aromatic carbocycles. The highest BCUT2D eigenvalue weighted by molar-refractivity contribution is 5.79. The topological polar surface area (TPSA) is 41.6 Å². The van der Waals surface area contributed by atoms with E-state index in [-0.39, 0.29) is 17.6 Å². The number of nitrogens with one attached hydrogen (secondary N) is 1. The van der Waals surface area contributed by atoms with Gasteiger partial charge in [0.2, 0.25) is 5.91 Å². The van der Waals surface area contributed by atoms with Crippen molar-refractivity contribution in [1.29, 1.82) is 0 Å². The van der Waals surface area contributed by atoms with Crippen LogP contribution in [0, 0.1) is 5.92 Å². The van der Waals surface area contributed by atoms with Crippen molar-refractivity contribution >= 4 is 5.91 Å². The van der Waals surface area contributed by atoms with Crippen molar-refractivity contribution in [3.63, 3.8) is 0 Å². The number of hydrogen-bond acceptors (Lipinski definition) is 3. The van der Waals surface area contributed by atoms with Crippen LogP contribution in [0.15, 0.2) is 48.5 Å². The number of likely N-dealkylation sites (tertiary alicyclic amines) is 1. The fraction of sp³-hybridized carbons (Fsp3) is 0.381. The maximum Gasteiger partial charge on any atom is 0.573 e. The summed E-state index contributed by atoms with van der Waals surface area (Å²) in [5.41, 5.74) is 3.10. The molecule has 3 rings (SSSR count). The molecular weight excluding hydrogens is 369 g/mol. The average Bonchev–Trinajstić information content (AvgIpc) is 2.62. The number of halogens is 3. The lowest BCUT2D eigenvalue weighted by molar-refractivity contribution is -0.274. The SMILES string of the molecule is CNC(=O)C1CN(Cc2ccc(CCc3cccc(OC(F)(F)F)c3)cc2)C1. The van der Waals surface area contributed by atoms with Crippen LogP contribution in [0.1, 0.15) is 16.7 Å². The Morgan fingerprint density at radius 1 is 1.07 bits per heavy atom. The molecule has 0 atom stereocenters. The largest absolute Gasteiger partial charge is 0.573 e. The summed E-state index contributed by atoms with van der Waals surface area (Å²) in [6, 6.07) is 14.3. The summed E-state index contributed by atoms with van der Waals surface area (Å²) in [6.07, 6.45) is -3.31. The predicted octanol–water partition coefficient (Wildman–Crippen LogP) is 3.55. The average molecular weight is 392 g/mol. The zero-order valence-corrected chi connectivity index (χ0v) is 15.6. The Morgan fingerprint density at radius 2 is 1.71 bits per heavy atom. The highest BCUT2D eigenvalue weighted by atomic mass is 19.4. The number of benzene rings is 2. The van der Waals surface area contributed by atoms with E-state index in [1.165, 1.54) is 17.7 Å². The van der Waals surface area contributed by atoms with E-state index in [0.29, 0.717) is 6.42 Å². The molecule has 1 fully saturated rings. The third-order valence-electron chi connectivity index (χ3n) is 4.84. The van der Waals surface area contributed by atoms with Gasteiger partial charge in [-0.1, -0.05) is 36.4 Å². The van der Waals surface area contributed by atoms with E-state index in [1.807, 2.05) is 12.1 Å². The first kappa shape index (κ1) is 20.2. The fourth-order valence-electron chi connectivity index (χ4n) is 3.33. The lowest BCUT2D eigenvalue weighted by Gasteiger charge is -2.38. The molecule has 0 radical (unpaired) electrons. The molecule has 0 spiro atoms. The molecular formula is C21H23F3N2O2. The van der Waals surface area contributed by atoms with E-state index in [2.05, 4.69) is 27.1 Å². The van der Waals surface area contributed by atoms with E-state index in [1.54, 1.807) is 19.2 Å². The number of alkyl halides is 3. The fourth-order valence-corrected chi connectivity index (χ4v) is 3.33. The van der Waals surface area contributed by atoms with E-state index in [0.717, 1.165) is 37.2 Å². The van der Waals surface area contributed by atoms with Gasteiger partial charge in [-0.05, 0) is 41.7 Å². The van der Waals surface area contributed by atoms with Crippen molar-refractivity contribution in [2.45, 2.75) is 25.7 Å².